The summed E-state index contributed by atoms with van der Waals surface area (Å²) < 4.78 is 9.56. The fourth-order valence-electron chi connectivity index (χ4n) is 1.74. The Morgan fingerprint density at radius 1 is 1.37 bits per heavy atom. The van der Waals surface area contributed by atoms with E-state index in [9.17, 15) is 9.59 Å². The highest BCUT2D eigenvalue weighted by Crippen LogP contribution is 2.10. The molecule has 1 fully saturated rings. The Bertz CT molecular complexity index is 448. The van der Waals surface area contributed by atoms with Gasteiger partial charge in [0.25, 0.3) is 6.41 Å². The number of hydrogen-bond donors (Lipinski definition) is 2. The van der Waals surface area contributed by atoms with Crippen LogP contribution >= 0.6 is 0 Å². The fourth-order valence-corrected chi connectivity index (χ4v) is 1.74. The first-order chi connectivity index (χ1) is 9.15. The van der Waals surface area contributed by atoms with Gasteiger partial charge >= 0.3 is 11.9 Å². The first-order valence-electron chi connectivity index (χ1n) is 5.99. The quantitative estimate of drug-likeness (QED) is 0.745. The molecule has 0 aromatic heterocycles. The lowest BCUT2D eigenvalue weighted by molar-refractivity contribution is -0.155. The van der Waals surface area contributed by atoms with Crippen molar-refractivity contribution in [2.24, 2.45) is 0 Å². The van der Waals surface area contributed by atoms with Crippen molar-refractivity contribution in [1.82, 2.24) is 5.32 Å². The molecule has 2 rings (SSSR count). The summed E-state index contributed by atoms with van der Waals surface area (Å²) in [6.45, 7) is 0.213. The van der Waals surface area contributed by atoms with Crippen molar-refractivity contribution >= 4 is 11.9 Å². The molecule has 2 atom stereocenters. The van der Waals surface area contributed by atoms with E-state index in [-0.39, 0.29) is 25.4 Å². The molecule has 1 heterocycles. The van der Waals surface area contributed by atoms with Gasteiger partial charge in [-0.15, -0.1) is 0 Å². The summed E-state index contributed by atoms with van der Waals surface area (Å²) in [5.74, 6) is -0.941. The number of aliphatic hydroxyl groups is 1. The first kappa shape index (κ1) is 13.5. The van der Waals surface area contributed by atoms with Crippen LogP contribution < -0.4 is 5.32 Å². The molecule has 1 aromatic rings. The van der Waals surface area contributed by atoms with Crippen LogP contribution in [0.4, 0.5) is 0 Å². The molecule has 0 bridgehead atoms. The maximum absolute atomic E-state index is 11.5. The largest absolute Gasteiger partial charge is 0.461 e. The topological polar surface area (TPSA) is 84.9 Å². The number of esters is 2. The van der Waals surface area contributed by atoms with Crippen molar-refractivity contribution in [2.75, 3.05) is 0 Å². The van der Waals surface area contributed by atoms with Crippen LogP contribution in [0.25, 0.3) is 0 Å². The van der Waals surface area contributed by atoms with Crippen molar-refractivity contribution in [1.29, 1.82) is 0 Å². The van der Waals surface area contributed by atoms with Crippen LogP contribution in [0.3, 0.4) is 0 Å². The lowest BCUT2D eigenvalue weighted by atomic mass is 10.1. The molecule has 102 valence electrons. The Labute approximate surface area is 110 Å². The number of carbonyl (C=O) groups is 2. The molecule has 1 aliphatic rings. The van der Waals surface area contributed by atoms with Gasteiger partial charge in [0.05, 0.1) is 0 Å². The van der Waals surface area contributed by atoms with Crippen LogP contribution in [-0.2, 0) is 25.7 Å². The summed E-state index contributed by atoms with van der Waals surface area (Å²) >= 11 is 0. The molecule has 0 spiro atoms. The molecule has 2 unspecified atom stereocenters. The van der Waals surface area contributed by atoms with E-state index in [0.717, 1.165) is 5.56 Å². The minimum atomic E-state index is -1.28. The lowest BCUT2D eigenvalue weighted by Gasteiger charge is -2.07. The third-order valence-electron chi connectivity index (χ3n) is 2.74. The molecule has 0 radical (unpaired) electrons. The predicted octanol–water partition coefficient (Wildman–Crippen LogP) is 0.301. The summed E-state index contributed by atoms with van der Waals surface area (Å²) in [5.41, 5.74) is 0.907. The fraction of sp³-hybridized carbons (Fsp3) is 0.385. The highest BCUT2D eigenvalue weighted by atomic mass is 16.7. The standard InChI is InChI=1S/C13H15NO5/c15-11(18-8-9-4-2-1-3-5-9)7-6-10-12(16)19-13(17)14-10/h1-5,10,13-14,17H,6-8H2. The number of benzene rings is 1. The molecule has 0 amide bonds. The van der Waals surface area contributed by atoms with Crippen molar-refractivity contribution in [3.05, 3.63) is 35.9 Å². The number of carbonyl (C=O) groups excluding carboxylic acids is 2. The lowest BCUT2D eigenvalue weighted by Crippen LogP contribution is -2.32. The third-order valence-corrected chi connectivity index (χ3v) is 2.74. The average Bonchev–Trinajstić information content (AvgIpc) is 2.73. The zero-order valence-electron chi connectivity index (χ0n) is 10.2. The summed E-state index contributed by atoms with van der Waals surface area (Å²) in [7, 11) is 0. The van der Waals surface area contributed by atoms with Crippen LogP contribution in [0.2, 0.25) is 0 Å². The normalized spacial score (nSPS) is 22.1. The van der Waals surface area contributed by atoms with Crippen molar-refractivity contribution in [3.8, 4) is 0 Å². The second-order valence-corrected chi connectivity index (χ2v) is 4.19. The van der Waals surface area contributed by atoms with E-state index in [1.54, 1.807) is 0 Å². The number of cyclic esters (lactones) is 1. The Balaban J connectivity index is 1.69. The zero-order valence-corrected chi connectivity index (χ0v) is 10.2. The van der Waals surface area contributed by atoms with Gasteiger partial charge in [-0.2, -0.15) is 0 Å². The molecule has 6 nitrogen and oxygen atoms in total. The number of hydrogen-bond acceptors (Lipinski definition) is 6. The van der Waals surface area contributed by atoms with Crippen LogP contribution in [-0.4, -0.2) is 29.5 Å². The maximum Gasteiger partial charge on any atom is 0.326 e. The second-order valence-electron chi connectivity index (χ2n) is 4.19. The molecular weight excluding hydrogens is 250 g/mol. The van der Waals surface area contributed by atoms with Gasteiger partial charge in [-0.3, -0.25) is 9.59 Å². The van der Waals surface area contributed by atoms with Crippen molar-refractivity contribution < 1.29 is 24.2 Å². The van der Waals surface area contributed by atoms with E-state index in [4.69, 9.17) is 9.84 Å². The smallest absolute Gasteiger partial charge is 0.326 e. The minimum absolute atomic E-state index is 0.0896. The van der Waals surface area contributed by atoms with Gasteiger partial charge in [0.15, 0.2) is 0 Å². The van der Waals surface area contributed by atoms with Crippen LogP contribution in [0.5, 0.6) is 0 Å². The number of nitrogens with one attached hydrogen (secondary N) is 1. The monoisotopic (exact) mass is 265 g/mol. The summed E-state index contributed by atoms with van der Waals surface area (Å²) in [6, 6.07) is 8.68. The molecular formula is C13H15NO5. The molecule has 6 heteroatoms. The highest BCUT2D eigenvalue weighted by molar-refractivity contribution is 5.78. The van der Waals surface area contributed by atoms with Crippen LogP contribution in [0.1, 0.15) is 18.4 Å². The Morgan fingerprint density at radius 2 is 2.11 bits per heavy atom. The van der Waals surface area contributed by atoms with Crippen molar-refractivity contribution in [3.63, 3.8) is 0 Å². The van der Waals surface area contributed by atoms with Gasteiger partial charge in [-0.05, 0) is 12.0 Å². The maximum atomic E-state index is 11.5. The Morgan fingerprint density at radius 3 is 2.74 bits per heavy atom. The average molecular weight is 265 g/mol. The molecule has 1 saturated heterocycles. The SMILES string of the molecule is O=C(CCC1NC(O)OC1=O)OCc1ccccc1. The molecule has 0 aliphatic carbocycles. The summed E-state index contributed by atoms with van der Waals surface area (Å²) in [6.07, 6.45) is -0.951. The molecule has 1 aliphatic heterocycles. The summed E-state index contributed by atoms with van der Waals surface area (Å²) in [5, 5.41) is 11.5. The third kappa shape index (κ3) is 4.04. The van der Waals surface area contributed by atoms with Crippen LogP contribution in [0.15, 0.2) is 30.3 Å². The number of ether oxygens (including phenoxy) is 2. The number of aliphatic hydroxyl groups excluding tert-OH is 1. The van der Waals surface area contributed by atoms with E-state index in [0.29, 0.717) is 0 Å². The van der Waals surface area contributed by atoms with Crippen molar-refractivity contribution in [2.45, 2.75) is 31.9 Å². The molecule has 0 saturated carbocycles. The molecule has 19 heavy (non-hydrogen) atoms. The summed E-state index contributed by atoms with van der Waals surface area (Å²) in [4.78, 5) is 22.7. The van der Waals surface area contributed by atoms with Gasteiger partial charge in [0.2, 0.25) is 0 Å². The van der Waals surface area contributed by atoms with E-state index < -0.39 is 18.4 Å². The molecule has 1 aromatic carbocycles. The van der Waals surface area contributed by atoms with Gasteiger partial charge in [-0.1, -0.05) is 30.3 Å². The number of rotatable bonds is 5. The zero-order chi connectivity index (χ0) is 13.7. The van der Waals surface area contributed by atoms with Gasteiger partial charge in [0.1, 0.15) is 12.6 Å². The molecule has 2 N–H and O–H groups in total. The highest BCUT2D eigenvalue weighted by Gasteiger charge is 2.32. The van der Waals surface area contributed by atoms with Crippen LogP contribution in [0, 0.1) is 0 Å². The van der Waals surface area contributed by atoms with E-state index in [2.05, 4.69) is 10.1 Å². The first-order valence-corrected chi connectivity index (χ1v) is 5.99. The van der Waals surface area contributed by atoms with Gasteiger partial charge in [0, 0.05) is 6.42 Å². The Kier molecular flexibility index (Phi) is 4.48. The van der Waals surface area contributed by atoms with Gasteiger partial charge in [-0.25, -0.2) is 5.32 Å². The van der Waals surface area contributed by atoms with Gasteiger partial charge < -0.3 is 14.6 Å². The van der Waals surface area contributed by atoms with E-state index in [1.807, 2.05) is 30.3 Å². The van der Waals surface area contributed by atoms with E-state index in [1.165, 1.54) is 0 Å². The predicted molar refractivity (Wildman–Crippen MR) is 64.5 cm³/mol. The van der Waals surface area contributed by atoms with E-state index >= 15 is 0 Å². The minimum Gasteiger partial charge on any atom is -0.461 e. The Hall–Kier alpha value is -1.92. The second kappa shape index (κ2) is 6.31.